The maximum absolute atomic E-state index is 12.3. The Bertz CT molecular complexity index is 656. The first-order valence-electron chi connectivity index (χ1n) is 8.03. The number of aromatic nitrogens is 3. The maximum atomic E-state index is 12.3. The van der Waals surface area contributed by atoms with E-state index >= 15 is 0 Å². The number of nitrogens with one attached hydrogen (secondary N) is 1. The quantitative estimate of drug-likeness (QED) is 0.882. The highest BCUT2D eigenvalue weighted by Crippen LogP contribution is 2.19. The fraction of sp³-hybridized carbons (Fsp3) is 0.412. The number of carbonyl (C=O) groups excluding carboxylic acids is 1. The number of pyridine rings is 1. The molecule has 1 amide bonds. The van der Waals surface area contributed by atoms with E-state index in [0.717, 1.165) is 24.5 Å². The summed E-state index contributed by atoms with van der Waals surface area (Å²) in [5.41, 5.74) is 2.04. The molecule has 1 fully saturated rings. The van der Waals surface area contributed by atoms with Crippen molar-refractivity contribution in [3.8, 4) is 0 Å². The van der Waals surface area contributed by atoms with E-state index in [-0.39, 0.29) is 11.9 Å². The summed E-state index contributed by atoms with van der Waals surface area (Å²) >= 11 is 0. The minimum absolute atomic E-state index is 0.0115. The fourth-order valence-electron chi connectivity index (χ4n) is 2.67. The van der Waals surface area contributed by atoms with Crippen molar-refractivity contribution in [1.29, 1.82) is 0 Å². The van der Waals surface area contributed by atoms with Crippen molar-refractivity contribution in [2.45, 2.75) is 13.0 Å². The van der Waals surface area contributed by atoms with Crippen molar-refractivity contribution in [2.75, 3.05) is 32.8 Å². The first-order chi connectivity index (χ1) is 11.7. The van der Waals surface area contributed by atoms with Crippen molar-refractivity contribution in [3.63, 3.8) is 0 Å². The standard InChI is InChI=1S/C17H21N5O2/c1-13-10-20-15(11-19-13)17(23)21-12-16(14-4-2-3-5-18-14)22-6-8-24-9-7-22/h2-5,10-11,16H,6-9,12H2,1H3,(H,21,23)/t16-/m1/s1. The molecule has 0 saturated carbocycles. The molecule has 3 rings (SSSR count). The normalized spacial score (nSPS) is 16.5. The van der Waals surface area contributed by atoms with Crippen LogP contribution in [-0.4, -0.2) is 58.6 Å². The second-order valence-electron chi connectivity index (χ2n) is 5.67. The second-order valence-corrected chi connectivity index (χ2v) is 5.67. The summed E-state index contributed by atoms with van der Waals surface area (Å²) in [4.78, 5) is 27.3. The molecule has 2 aromatic rings. The number of ether oxygens (including phenoxy) is 1. The highest BCUT2D eigenvalue weighted by atomic mass is 16.5. The lowest BCUT2D eigenvalue weighted by atomic mass is 10.1. The predicted octanol–water partition coefficient (Wildman–Crippen LogP) is 0.983. The summed E-state index contributed by atoms with van der Waals surface area (Å²) in [6.45, 7) is 5.33. The molecule has 0 bridgehead atoms. The molecular formula is C17H21N5O2. The van der Waals surface area contributed by atoms with Crippen molar-refractivity contribution in [1.82, 2.24) is 25.2 Å². The van der Waals surface area contributed by atoms with Gasteiger partial charge in [-0.05, 0) is 19.1 Å². The Labute approximate surface area is 141 Å². The van der Waals surface area contributed by atoms with Crippen LogP contribution in [0.15, 0.2) is 36.8 Å². The van der Waals surface area contributed by atoms with Crippen molar-refractivity contribution in [3.05, 3.63) is 53.9 Å². The largest absolute Gasteiger partial charge is 0.379 e. The first-order valence-corrected chi connectivity index (χ1v) is 8.03. The van der Waals surface area contributed by atoms with Crippen LogP contribution >= 0.6 is 0 Å². The third-order valence-corrected chi connectivity index (χ3v) is 3.99. The average molecular weight is 327 g/mol. The molecule has 1 atom stereocenters. The number of carbonyl (C=O) groups is 1. The highest BCUT2D eigenvalue weighted by molar-refractivity contribution is 5.91. The fourth-order valence-corrected chi connectivity index (χ4v) is 2.67. The maximum Gasteiger partial charge on any atom is 0.271 e. The lowest BCUT2D eigenvalue weighted by molar-refractivity contribution is 0.0153. The van der Waals surface area contributed by atoms with Gasteiger partial charge in [0.05, 0.1) is 36.8 Å². The van der Waals surface area contributed by atoms with Gasteiger partial charge in [0.25, 0.3) is 5.91 Å². The molecule has 0 aliphatic carbocycles. The second kappa shape index (κ2) is 7.94. The Balaban J connectivity index is 1.69. The summed E-state index contributed by atoms with van der Waals surface area (Å²) in [6, 6.07) is 5.85. The topological polar surface area (TPSA) is 80.2 Å². The summed E-state index contributed by atoms with van der Waals surface area (Å²) in [5.74, 6) is -0.225. The van der Waals surface area contributed by atoms with Gasteiger partial charge in [-0.2, -0.15) is 0 Å². The molecule has 7 nitrogen and oxygen atoms in total. The van der Waals surface area contributed by atoms with Gasteiger partial charge in [-0.25, -0.2) is 4.98 Å². The predicted molar refractivity (Wildman–Crippen MR) is 88.5 cm³/mol. The molecule has 7 heteroatoms. The zero-order valence-corrected chi connectivity index (χ0v) is 13.7. The van der Waals surface area contributed by atoms with Crippen LogP contribution in [0.5, 0.6) is 0 Å². The SMILES string of the molecule is Cc1cnc(C(=O)NC[C@H](c2ccccn2)N2CCOCC2)cn1. The Morgan fingerprint density at radius 2 is 2.08 bits per heavy atom. The van der Waals surface area contributed by atoms with Gasteiger partial charge in [0.2, 0.25) is 0 Å². The van der Waals surface area contributed by atoms with Crippen molar-refractivity contribution < 1.29 is 9.53 Å². The number of morpholine rings is 1. The summed E-state index contributed by atoms with van der Waals surface area (Å²) in [5, 5.41) is 2.95. The smallest absolute Gasteiger partial charge is 0.271 e. The highest BCUT2D eigenvalue weighted by Gasteiger charge is 2.24. The van der Waals surface area contributed by atoms with Gasteiger partial charge in [0, 0.05) is 32.0 Å². The Morgan fingerprint density at radius 3 is 2.75 bits per heavy atom. The van der Waals surface area contributed by atoms with Gasteiger partial charge in [-0.3, -0.25) is 19.7 Å². The van der Waals surface area contributed by atoms with Crippen LogP contribution in [0.4, 0.5) is 0 Å². The van der Waals surface area contributed by atoms with E-state index in [1.165, 1.54) is 6.20 Å². The lowest BCUT2D eigenvalue weighted by Gasteiger charge is -2.34. The average Bonchev–Trinajstić information content (AvgIpc) is 2.64. The monoisotopic (exact) mass is 327 g/mol. The molecule has 1 aliphatic rings. The first kappa shape index (κ1) is 16.5. The van der Waals surface area contributed by atoms with Gasteiger partial charge in [0.15, 0.2) is 0 Å². The molecule has 24 heavy (non-hydrogen) atoms. The van der Waals surface area contributed by atoms with E-state index in [1.54, 1.807) is 12.4 Å². The van der Waals surface area contributed by atoms with Crippen LogP contribution in [0.25, 0.3) is 0 Å². The number of aryl methyl sites for hydroxylation is 1. The van der Waals surface area contributed by atoms with E-state index in [9.17, 15) is 4.79 Å². The molecule has 1 N–H and O–H groups in total. The van der Waals surface area contributed by atoms with Crippen LogP contribution in [0, 0.1) is 6.92 Å². The minimum Gasteiger partial charge on any atom is -0.379 e. The Kier molecular flexibility index (Phi) is 5.45. The van der Waals surface area contributed by atoms with Gasteiger partial charge in [-0.15, -0.1) is 0 Å². The van der Waals surface area contributed by atoms with Gasteiger partial charge in [0.1, 0.15) is 5.69 Å². The van der Waals surface area contributed by atoms with Crippen LogP contribution in [-0.2, 0) is 4.74 Å². The molecule has 0 spiro atoms. The van der Waals surface area contributed by atoms with Crippen LogP contribution < -0.4 is 5.32 Å². The van der Waals surface area contributed by atoms with Crippen LogP contribution in [0.3, 0.4) is 0 Å². The number of nitrogens with zero attached hydrogens (tertiary/aromatic N) is 4. The van der Waals surface area contributed by atoms with Crippen molar-refractivity contribution >= 4 is 5.91 Å². The van der Waals surface area contributed by atoms with Gasteiger partial charge in [-0.1, -0.05) is 6.07 Å². The van der Waals surface area contributed by atoms with Crippen LogP contribution in [0.2, 0.25) is 0 Å². The Morgan fingerprint density at radius 1 is 1.25 bits per heavy atom. The van der Waals surface area contributed by atoms with E-state index in [2.05, 4.69) is 25.2 Å². The summed E-state index contributed by atoms with van der Waals surface area (Å²) in [6.07, 6.45) is 4.86. The van der Waals surface area contributed by atoms with E-state index < -0.39 is 0 Å². The Hall–Kier alpha value is -2.38. The van der Waals surface area contributed by atoms with E-state index in [4.69, 9.17) is 4.74 Å². The van der Waals surface area contributed by atoms with Gasteiger partial charge >= 0.3 is 0 Å². The molecule has 1 saturated heterocycles. The number of amides is 1. The number of rotatable bonds is 5. The molecule has 0 radical (unpaired) electrons. The van der Waals surface area contributed by atoms with E-state index in [0.29, 0.717) is 25.5 Å². The third kappa shape index (κ3) is 4.12. The molecule has 2 aromatic heterocycles. The third-order valence-electron chi connectivity index (χ3n) is 3.99. The molecule has 0 aromatic carbocycles. The number of hydrogen-bond donors (Lipinski definition) is 1. The minimum atomic E-state index is -0.225. The van der Waals surface area contributed by atoms with E-state index in [1.807, 2.05) is 25.1 Å². The molecule has 1 aliphatic heterocycles. The molecule has 126 valence electrons. The summed E-state index contributed by atoms with van der Waals surface area (Å²) < 4.78 is 5.42. The molecule has 0 unspecified atom stereocenters. The van der Waals surface area contributed by atoms with Crippen LogP contribution in [0.1, 0.15) is 27.9 Å². The molecule has 3 heterocycles. The van der Waals surface area contributed by atoms with Crippen molar-refractivity contribution in [2.24, 2.45) is 0 Å². The lowest BCUT2D eigenvalue weighted by Crippen LogP contribution is -2.44. The molecular weight excluding hydrogens is 306 g/mol. The summed E-state index contributed by atoms with van der Waals surface area (Å²) in [7, 11) is 0. The zero-order valence-electron chi connectivity index (χ0n) is 13.7. The number of hydrogen-bond acceptors (Lipinski definition) is 6. The van der Waals surface area contributed by atoms with Gasteiger partial charge < -0.3 is 10.1 Å². The zero-order chi connectivity index (χ0) is 16.8.